The minimum absolute atomic E-state index is 0.157. The van der Waals surface area contributed by atoms with Crippen LogP contribution in [-0.4, -0.2) is 54.2 Å². The standard InChI is InChI=1S/C27H32N6OS/c1-3-23(25-5-4-16-35-25)28-18-19-6-11-24-22(17-19)26(31-30-24)29-27(34)20-7-9-21(10-8-20)33-14-12-32(2)13-15-33/h4-11,16-17,23,28H,3,12-15,18H2,1-2H3,(H2,29,30,31,34). The van der Waals surface area contributed by atoms with E-state index in [1.54, 1.807) is 11.3 Å². The Kier molecular flexibility index (Phi) is 7.13. The van der Waals surface area contributed by atoms with Gasteiger partial charge in [-0.25, -0.2) is 0 Å². The summed E-state index contributed by atoms with van der Waals surface area (Å²) in [7, 11) is 2.15. The fourth-order valence-corrected chi connectivity index (χ4v) is 5.40. The SMILES string of the molecule is CCC(NCc1ccc2[nH]nc(NC(=O)c3ccc(N4CCN(C)CC4)cc3)c2c1)c1cccs1. The van der Waals surface area contributed by atoms with Crippen LogP contribution in [0, 0.1) is 0 Å². The molecule has 0 aliphatic carbocycles. The molecule has 7 nitrogen and oxygen atoms in total. The predicted octanol–water partition coefficient (Wildman–Crippen LogP) is 4.87. The second kappa shape index (κ2) is 10.6. The van der Waals surface area contributed by atoms with Crippen LogP contribution in [-0.2, 0) is 6.54 Å². The molecule has 35 heavy (non-hydrogen) atoms. The van der Waals surface area contributed by atoms with Gasteiger partial charge >= 0.3 is 0 Å². The number of piperazine rings is 1. The number of hydrogen-bond donors (Lipinski definition) is 3. The normalized spacial score (nSPS) is 15.4. The molecule has 1 atom stereocenters. The number of thiophene rings is 1. The average molecular weight is 489 g/mol. The predicted molar refractivity (Wildman–Crippen MR) is 144 cm³/mol. The lowest BCUT2D eigenvalue weighted by atomic mass is 10.1. The first-order valence-corrected chi connectivity index (χ1v) is 13.1. The topological polar surface area (TPSA) is 76.3 Å². The third kappa shape index (κ3) is 5.40. The highest BCUT2D eigenvalue weighted by atomic mass is 32.1. The van der Waals surface area contributed by atoms with Gasteiger partial charge in [0.05, 0.1) is 5.52 Å². The fourth-order valence-electron chi connectivity index (χ4n) is 4.51. The number of fused-ring (bicyclic) bond motifs is 1. The van der Waals surface area contributed by atoms with E-state index in [1.165, 1.54) is 4.88 Å². The molecule has 2 aromatic carbocycles. The number of carbonyl (C=O) groups excluding carboxylic acids is 1. The highest BCUT2D eigenvalue weighted by molar-refractivity contribution is 7.10. The summed E-state index contributed by atoms with van der Waals surface area (Å²) in [5.74, 6) is 0.399. The van der Waals surface area contributed by atoms with E-state index in [0.717, 1.165) is 61.3 Å². The van der Waals surface area contributed by atoms with Crippen molar-refractivity contribution in [2.45, 2.75) is 25.9 Å². The number of aromatic amines is 1. The van der Waals surface area contributed by atoms with Crippen molar-refractivity contribution in [3.05, 3.63) is 76.0 Å². The minimum Gasteiger partial charge on any atom is -0.369 e. The molecule has 4 aromatic rings. The van der Waals surface area contributed by atoms with Crippen LogP contribution in [0.25, 0.3) is 10.9 Å². The van der Waals surface area contributed by atoms with Gasteiger partial charge in [-0.3, -0.25) is 9.89 Å². The molecule has 182 valence electrons. The lowest BCUT2D eigenvalue weighted by Crippen LogP contribution is -2.44. The van der Waals surface area contributed by atoms with Crippen LogP contribution in [0.15, 0.2) is 60.0 Å². The van der Waals surface area contributed by atoms with Gasteiger partial charge in [-0.2, -0.15) is 5.10 Å². The zero-order chi connectivity index (χ0) is 24.2. The minimum atomic E-state index is -0.157. The van der Waals surface area contributed by atoms with Crippen molar-refractivity contribution in [3.63, 3.8) is 0 Å². The third-order valence-electron chi connectivity index (χ3n) is 6.70. The third-order valence-corrected chi connectivity index (χ3v) is 7.69. The number of likely N-dealkylation sites (N-methyl/N-ethyl adjacent to an activating group) is 1. The molecule has 2 aromatic heterocycles. The Morgan fingerprint density at radius 1 is 1.11 bits per heavy atom. The van der Waals surface area contributed by atoms with E-state index >= 15 is 0 Å². The number of benzene rings is 2. The molecule has 1 aliphatic rings. The van der Waals surface area contributed by atoms with Crippen LogP contribution in [0.3, 0.4) is 0 Å². The molecule has 1 unspecified atom stereocenters. The van der Waals surface area contributed by atoms with E-state index < -0.39 is 0 Å². The number of hydrogen-bond acceptors (Lipinski definition) is 6. The maximum Gasteiger partial charge on any atom is 0.256 e. The van der Waals surface area contributed by atoms with Crippen LogP contribution in [0.5, 0.6) is 0 Å². The molecule has 8 heteroatoms. The maximum absolute atomic E-state index is 13.0. The number of nitrogens with zero attached hydrogens (tertiary/aromatic N) is 3. The van der Waals surface area contributed by atoms with E-state index in [2.05, 4.69) is 74.2 Å². The van der Waals surface area contributed by atoms with E-state index in [-0.39, 0.29) is 5.91 Å². The average Bonchev–Trinajstić information content (AvgIpc) is 3.56. The number of carbonyl (C=O) groups is 1. The number of nitrogens with one attached hydrogen (secondary N) is 3. The summed E-state index contributed by atoms with van der Waals surface area (Å²) in [6.07, 6.45) is 1.03. The molecule has 1 saturated heterocycles. The van der Waals surface area contributed by atoms with Crippen molar-refractivity contribution in [1.29, 1.82) is 0 Å². The Balaban J connectivity index is 1.25. The highest BCUT2D eigenvalue weighted by Gasteiger charge is 2.16. The molecule has 0 bridgehead atoms. The molecular weight excluding hydrogens is 456 g/mol. The summed E-state index contributed by atoms with van der Waals surface area (Å²) in [5.41, 5.74) is 3.84. The molecule has 3 N–H and O–H groups in total. The Morgan fingerprint density at radius 2 is 1.91 bits per heavy atom. The van der Waals surface area contributed by atoms with Gasteiger partial charge in [-0.1, -0.05) is 19.1 Å². The molecule has 1 aliphatic heterocycles. The summed E-state index contributed by atoms with van der Waals surface area (Å²) in [4.78, 5) is 19.0. The highest BCUT2D eigenvalue weighted by Crippen LogP contribution is 2.25. The van der Waals surface area contributed by atoms with Crippen LogP contribution in [0.1, 0.15) is 40.2 Å². The van der Waals surface area contributed by atoms with Gasteiger partial charge in [0.15, 0.2) is 5.82 Å². The first-order valence-electron chi connectivity index (χ1n) is 12.2. The molecule has 0 spiro atoms. The fraction of sp³-hybridized carbons (Fsp3) is 0.333. The van der Waals surface area contributed by atoms with Crippen LogP contribution in [0.2, 0.25) is 0 Å². The molecule has 0 radical (unpaired) electrons. The zero-order valence-electron chi connectivity index (χ0n) is 20.3. The number of rotatable bonds is 8. The second-order valence-electron chi connectivity index (χ2n) is 9.10. The Hall–Kier alpha value is -3.20. The molecule has 1 fully saturated rings. The summed E-state index contributed by atoms with van der Waals surface area (Å²) >= 11 is 1.78. The van der Waals surface area contributed by atoms with Crippen molar-refractivity contribution in [1.82, 2.24) is 20.4 Å². The smallest absolute Gasteiger partial charge is 0.256 e. The summed E-state index contributed by atoms with van der Waals surface area (Å²) in [6, 6.07) is 18.7. The quantitative estimate of drug-likeness (QED) is 0.330. The van der Waals surface area contributed by atoms with Crippen LogP contribution < -0.4 is 15.5 Å². The first-order chi connectivity index (χ1) is 17.1. The van der Waals surface area contributed by atoms with Gasteiger partial charge in [0.25, 0.3) is 5.91 Å². The van der Waals surface area contributed by atoms with Gasteiger partial charge in [0, 0.05) is 60.3 Å². The van der Waals surface area contributed by atoms with Gasteiger partial charge in [-0.05, 0) is 66.9 Å². The molecule has 0 saturated carbocycles. The monoisotopic (exact) mass is 488 g/mol. The van der Waals surface area contributed by atoms with E-state index in [4.69, 9.17) is 0 Å². The lowest BCUT2D eigenvalue weighted by Gasteiger charge is -2.34. The Bertz CT molecular complexity index is 1260. The molecule has 5 rings (SSSR count). The Morgan fingerprint density at radius 3 is 2.63 bits per heavy atom. The summed E-state index contributed by atoms with van der Waals surface area (Å²) in [5, 5.41) is 17.1. The van der Waals surface area contributed by atoms with Crippen molar-refractivity contribution in [2.75, 3.05) is 43.4 Å². The molecular formula is C27H32N6OS. The molecule has 3 heterocycles. The Labute approximate surface area is 210 Å². The van der Waals surface area contributed by atoms with Crippen molar-refractivity contribution >= 4 is 39.7 Å². The number of anilines is 2. The van der Waals surface area contributed by atoms with Crippen molar-refractivity contribution in [3.8, 4) is 0 Å². The summed E-state index contributed by atoms with van der Waals surface area (Å²) < 4.78 is 0. The number of amides is 1. The number of aromatic nitrogens is 2. The van der Waals surface area contributed by atoms with Gasteiger partial charge in [-0.15, -0.1) is 11.3 Å². The lowest BCUT2D eigenvalue weighted by molar-refractivity contribution is 0.102. The molecule has 1 amide bonds. The zero-order valence-corrected chi connectivity index (χ0v) is 21.1. The van der Waals surface area contributed by atoms with Gasteiger partial charge < -0.3 is 20.4 Å². The maximum atomic E-state index is 13.0. The van der Waals surface area contributed by atoms with Crippen molar-refractivity contribution < 1.29 is 4.79 Å². The van der Waals surface area contributed by atoms with Gasteiger partial charge in [0.1, 0.15) is 0 Å². The van der Waals surface area contributed by atoms with E-state index in [1.807, 2.05) is 30.3 Å². The van der Waals surface area contributed by atoms with Gasteiger partial charge in [0.2, 0.25) is 0 Å². The second-order valence-corrected chi connectivity index (χ2v) is 10.1. The number of H-pyrrole nitrogens is 1. The van der Waals surface area contributed by atoms with Crippen LogP contribution in [0.4, 0.5) is 11.5 Å². The van der Waals surface area contributed by atoms with E-state index in [0.29, 0.717) is 17.4 Å². The largest absolute Gasteiger partial charge is 0.369 e. The summed E-state index contributed by atoms with van der Waals surface area (Å²) in [6.45, 7) is 7.06. The first kappa shape index (κ1) is 23.5. The van der Waals surface area contributed by atoms with Crippen molar-refractivity contribution in [2.24, 2.45) is 0 Å². The van der Waals surface area contributed by atoms with E-state index in [9.17, 15) is 4.79 Å². The van der Waals surface area contributed by atoms with Crippen LogP contribution >= 0.6 is 11.3 Å².